The maximum atomic E-state index is 11.0. The molecule has 0 unspecified atom stereocenters. The van der Waals surface area contributed by atoms with E-state index in [-0.39, 0.29) is 4.69 Å². The highest BCUT2D eigenvalue weighted by molar-refractivity contribution is 9.18. The van der Waals surface area contributed by atoms with E-state index in [0.717, 1.165) is 11.3 Å². The maximum absolute atomic E-state index is 11.0. The van der Waals surface area contributed by atoms with Crippen LogP contribution in [0, 0.1) is 0 Å². The Morgan fingerprint density at radius 2 is 1.65 bits per heavy atom. The molecular weight excluding hydrogens is 280 g/mol. The average molecular weight is 291 g/mol. The first kappa shape index (κ1) is 11.9. The molecule has 0 spiro atoms. The molecule has 0 N–H and O–H groups in total. The van der Waals surface area contributed by atoms with Crippen molar-refractivity contribution in [3.8, 4) is 5.75 Å². The summed E-state index contributed by atoms with van der Waals surface area (Å²) in [4.78, 5) is 11.0. The molecule has 17 heavy (non-hydrogen) atoms. The molecule has 2 aromatic carbocycles. The Morgan fingerprint density at radius 3 is 2.24 bits per heavy atom. The van der Waals surface area contributed by atoms with Gasteiger partial charge in [0, 0.05) is 5.56 Å². The highest BCUT2D eigenvalue weighted by Gasteiger charge is 2.01. The topological polar surface area (TPSA) is 26.3 Å². The number of benzene rings is 2. The predicted octanol–water partition coefficient (Wildman–Crippen LogP) is 3.80. The summed E-state index contributed by atoms with van der Waals surface area (Å²) in [5.74, 6) is 0.756. The quantitative estimate of drug-likeness (QED) is 0.801. The summed E-state index contributed by atoms with van der Waals surface area (Å²) in [6.45, 7) is 0.530. The van der Waals surface area contributed by atoms with Crippen molar-refractivity contribution in [1.29, 1.82) is 0 Å². The molecule has 0 saturated heterocycles. The number of hydrogen-bond donors (Lipinski definition) is 0. The van der Waals surface area contributed by atoms with Crippen LogP contribution in [0.5, 0.6) is 5.75 Å². The molecule has 2 nitrogen and oxygen atoms in total. The minimum absolute atomic E-state index is 0.118. The Kier molecular flexibility index (Phi) is 3.94. The van der Waals surface area contributed by atoms with Gasteiger partial charge in [-0.15, -0.1) is 0 Å². The van der Waals surface area contributed by atoms with E-state index in [0.29, 0.717) is 12.2 Å². The van der Waals surface area contributed by atoms with E-state index in [9.17, 15) is 4.79 Å². The maximum Gasteiger partial charge on any atom is 0.228 e. The number of ether oxygens (including phenoxy) is 1. The van der Waals surface area contributed by atoms with Gasteiger partial charge in [0.1, 0.15) is 12.4 Å². The fraction of sp³-hybridized carbons (Fsp3) is 0.0714. The van der Waals surface area contributed by atoms with Crippen LogP contribution in [0.3, 0.4) is 0 Å². The Morgan fingerprint density at radius 1 is 1.00 bits per heavy atom. The van der Waals surface area contributed by atoms with Gasteiger partial charge in [-0.2, -0.15) is 0 Å². The Bertz CT molecular complexity index is 491. The molecule has 86 valence electrons. The number of carbonyl (C=O) groups is 1. The molecule has 2 aromatic rings. The highest BCUT2D eigenvalue weighted by atomic mass is 79.9. The van der Waals surface area contributed by atoms with E-state index in [2.05, 4.69) is 15.9 Å². The summed E-state index contributed by atoms with van der Waals surface area (Å²) in [5, 5.41) is 0. The van der Waals surface area contributed by atoms with Gasteiger partial charge in [-0.05, 0) is 45.8 Å². The second kappa shape index (κ2) is 5.64. The molecule has 0 aliphatic rings. The lowest BCUT2D eigenvalue weighted by molar-refractivity contribution is 0.109. The lowest BCUT2D eigenvalue weighted by Crippen LogP contribution is -1.95. The van der Waals surface area contributed by atoms with Gasteiger partial charge in [0.15, 0.2) is 0 Å². The Hall–Kier alpha value is -1.61. The summed E-state index contributed by atoms with van der Waals surface area (Å²) < 4.78 is 5.48. The van der Waals surface area contributed by atoms with E-state index in [1.165, 1.54) is 0 Å². The molecule has 0 aliphatic heterocycles. The van der Waals surface area contributed by atoms with Crippen molar-refractivity contribution in [2.24, 2.45) is 0 Å². The number of hydrogen-bond acceptors (Lipinski definition) is 2. The number of rotatable bonds is 4. The van der Waals surface area contributed by atoms with Crippen molar-refractivity contribution in [1.82, 2.24) is 0 Å². The largest absolute Gasteiger partial charge is 0.489 e. The number of halogens is 1. The zero-order chi connectivity index (χ0) is 12.1. The summed E-state index contributed by atoms with van der Waals surface area (Å²) in [5.41, 5.74) is 1.74. The molecule has 0 aliphatic carbocycles. The van der Waals surface area contributed by atoms with Crippen LogP contribution in [-0.4, -0.2) is 4.69 Å². The third-order valence-corrected chi connectivity index (χ3v) is 2.79. The molecule has 2 rings (SSSR count). The van der Waals surface area contributed by atoms with Crippen LogP contribution in [-0.2, 0) is 6.61 Å². The van der Waals surface area contributed by atoms with E-state index in [1.54, 1.807) is 24.3 Å². The molecule has 3 heteroatoms. The van der Waals surface area contributed by atoms with E-state index < -0.39 is 0 Å². The van der Waals surface area contributed by atoms with Gasteiger partial charge in [-0.25, -0.2) is 0 Å². The molecule has 0 amide bonds. The van der Waals surface area contributed by atoms with Crippen molar-refractivity contribution >= 4 is 20.6 Å². The van der Waals surface area contributed by atoms with Crippen LogP contribution in [0.25, 0.3) is 0 Å². The smallest absolute Gasteiger partial charge is 0.228 e. The molecule has 0 heterocycles. The van der Waals surface area contributed by atoms with E-state index >= 15 is 0 Å². The first-order valence-electron chi connectivity index (χ1n) is 5.22. The SMILES string of the molecule is O=C(Br)c1ccc(OCc2ccccc2)cc1. The second-order valence-electron chi connectivity index (χ2n) is 3.57. The fourth-order valence-corrected chi connectivity index (χ4v) is 1.69. The van der Waals surface area contributed by atoms with Crippen LogP contribution in [0.4, 0.5) is 0 Å². The van der Waals surface area contributed by atoms with Crippen molar-refractivity contribution in [2.45, 2.75) is 6.61 Å². The lowest BCUT2D eigenvalue weighted by Gasteiger charge is -2.06. The van der Waals surface area contributed by atoms with Gasteiger partial charge in [-0.3, -0.25) is 4.79 Å². The predicted molar refractivity (Wildman–Crippen MR) is 70.5 cm³/mol. The first-order valence-corrected chi connectivity index (χ1v) is 6.01. The molecule has 0 atom stereocenters. The fourth-order valence-electron chi connectivity index (χ4n) is 1.42. The minimum atomic E-state index is -0.118. The normalized spacial score (nSPS) is 9.94. The molecular formula is C14H11BrO2. The minimum Gasteiger partial charge on any atom is -0.489 e. The van der Waals surface area contributed by atoms with Gasteiger partial charge in [0.25, 0.3) is 0 Å². The Balaban J connectivity index is 1.98. The zero-order valence-electron chi connectivity index (χ0n) is 9.10. The van der Waals surface area contributed by atoms with Crippen LogP contribution in [0.2, 0.25) is 0 Å². The van der Waals surface area contributed by atoms with Gasteiger partial charge in [0.2, 0.25) is 4.69 Å². The third-order valence-electron chi connectivity index (χ3n) is 2.33. The zero-order valence-corrected chi connectivity index (χ0v) is 10.7. The second-order valence-corrected chi connectivity index (χ2v) is 4.29. The summed E-state index contributed by atoms with van der Waals surface area (Å²) >= 11 is 2.90. The molecule has 0 radical (unpaired) electrons. The van der Waals surface area contributed by atoms with Gasteiger partial charge < -0.3 is 4.74 Å². The number of carbonyl (C=O) groups excluding carboxylic acids is 1. The summed E-state index contributed by atoms with van der Waals surface area (Å²) in [6, 6.07) is 17.0. The van der Waals surface area contributed by atoms with Crippen LogP contribution < -0.4 is 4.74 Å². The van der Waals surface area contributed by atoms with Crippen molar-refractivity contribution < 1.29 is 9.53 Å². The van der Waals surface area contributed by atoms with E-state index in [1.807, 2.05) is 30.3 Å². The molecule has 0 fully saturated rings. The van der Waals surface area contributed by atoms with Crippen molar-refractivity contribution in [3.63, 3.8) is 0 Å². The van der Waals surface area contributed by atoms with E-state index in [4.69, 9.17) is 4.74 Å². The van der Waals surface area contributed by atoms with Crippen LogP contribution in [0.1, 0.15) is 15.9 Å². The van der Waals surface area contributed by atoms with Crippen LogP contribution >= 0.6 is 15.9 Å². The summed E-state index contributed by atoms with van der Waals surface area (Å²) in [7, 11) is 0. The van der Waals surface area contributed by atoms with Crippen molar-refractivity contribution in [3.05, 3.63) is 65.7 Å². The molecule has 0 bridgehead atoms. The average Bonchev–Trinajstić information content (AvgIpc) is 2.38. The lowest BCUT2D eigenvalue weighted by atomic mass is 10.2. The highest BCUT2D eigenvalue weighted by Crippen LogP contribution is 2.15. The first-order chi connectivity index (χ1) is 8.25. The standard InChI is InChI=1S/C14H11BrO2/c15-14(16)12-6-8-13(9-7-12)17-10-11-4-2-1-3-5-11/h1-9H,10H2. The molecule has 0 aromatic heterocycles. The van der Waals surface area contributed by atoms with Gasteiger partial charge in [0.05, 0.1) is 0 Å². The molecule has 0 saturated carbocycles. The Labute approximate surface area is 108 Å². The monoisotopic (exact) mass is 290 g/mol. The van der Waals surface area contributed by atoms with Crippen LogP contribution in [0.15, 0.2) is 54.6 Å². The van der Waals surface area contributed by atoms with Gasteiger partial charge in [-0.1, -0.05) is 30.3 Å². The van der Waals surface area contributed by atoms with Crippen molar-refractivity contribution in [2.75, 3.05) is 0 Å². The third kappa shape index (κ3) is 3.43. The van der Waals surface area contributed by atoms with Gasteiger partial charge >= 0.3 is 0 Å². The summed E-state index contributed by atoms with van der Waals surface area (Å²) in [6.07, 6.45) is 0.